The smallest absolute Gasteiger partial charge is 0.320 e. The number of aryl methyl sites for hydroxylation is 1. The van der Waals surface area contributed by atoms with E-state index < -0.39 is 17.9 Å². The molecular formula is C28H29ClF3N5O2. The Morgan fingerprint density at radius 2 is 2.00 bits per heavy atom. The summed E-state index contributed by atoms with van der Waals surface area (Å²) < 4.78 is 44.8. The number of alkyl halides is 3. The number of hydrogen-bond donors (Lipinski definition) is 1. The van der Waals surface area contributed by atoms with Crippen molar-refractivity contribution in [3.05, 3.63) is 75.8 Å². The molecule has 2 fully saturated rings. The third-order valence-corrected chi connectivity index (χ3v) is 8.67. The zero-order chi connectivity index (χ0) is 27.4. The molecule has 2 heterocycles. The summed E-state index contributed by atoms with van der Waals surface area (Å²) in [6.45, 7) is 1.93. The minimum absolute atomic E-state index is 0.0969. The van der Waals surface area contributed by atoms with Gasteiger partial charge < -0.3 is 14.8 Å². The molecule has 11 heteroatoms. The van der Waals surface area contributed by atoms with Crippen LogP contribution in [-0.2, 0) is 30.3 Å². The second-order valence-electron chi connectivity index (χ2n) is 10.9. The maximum atomic E-state index is 13.6. The van der Waals surface area contributed by atoms with E-state index in [0.717, 1.165) is 29.2 Å². The van der Waals surface area contributed by atoms with Gasteiger partial charge in [-0.3, -0.25) is 9.53 Å². The molecule has 206 valence electrons. The zero-order valence-electron chi connectivity index (χ0n) is 21.5. The lowest BCUT2D eigenvalue weighted by molar-refractivity contribution is -0.354. The normalized spacial score (nSPS) is 23.1. The quantitative estimate of drug-likeness (QED) is 0.394. The maximum absolute atomic E-state index is 13.6. The summed E-state index contributed by atoms with van der Waals surface area (Å²) >= 11 is 6.63. The highest BCUT2D eigenvalue weighted by atomic mass is 35.5. The molecule has 0 bridgehead atoms. The van der Waals surface area contributed by atoms with Gasteiger partial charge in [-0.25, -0.2) is 0 Å². The van der Waals surface area contributed by atoms with Gasteiger partial charge in [0.25, 0.3) is 5.91 Å². The number of ether oxygens (including phenoxy) is 1. The second kappa shape index (κ2) is 9.91. The van der Waals surface area contributed by atoms with Crippen molar-refractivity contribution in [2.24, 2.45) is 13.0 Å². The fourth-order valence-electron chi connectivity index (χ4n) is 6.07. The number of carbonyl (C=O) groups excluding carboxylic acids is 1. The highest BCUT2D eigenvalue weighted by Crippen LogP contribution is 2.51. The summed E-state index contributed by atoms with van der Waals surface area (Å²) in [5.41, 5.74) is 2.92. The van der Waals surface area contributed by atoms with Gasteiger partial charge in [0.15, 0.2) is 0 Å². The van der Waals surface area contributed by atoms with Crippen molar-refractivity contribution in [3.63, 3.8) is 0 Å². The van der Waals surface area contributed by atoms with Crippen molar-refractivity contribution in [1.29, 1.82) is 0 Å². The van der Waals surface area contributed by atoms with Crippen molar-refractivity contribution in [3.8, 4) is 0 Å². The molecular weight excluding hydrogens is 531 g/mol. The molecule has 0 saturated heterocycles. The van der Waals surface area contributed by atoms with E-state index >= 15 is 0 Å². The number of aromatic nitrogens is 3. The fourth-order valence-corrected chi connectivity index (χ4v) is 6.37. The van der Waals surface area contributed by atoms with Crippen LogP contribution < -0.4 is 10.2 Å². The van der Waals surface area contributed by atoms with E-state index in [2.05, 4.69) is 20.3 Å². The van der Waals surface area contributed by atoms with Crippen LogP contribution in [0.25, 0.3) is 0 Å². The molecule has 6 rings (SSSR count). The van der Waals surface area contributed by atoms with E-state index in [1.54, 1.807) is 16.5 Å². The number of nitrogens with zero attached hydrogens (tertiary/aromatic N) is 4. The largest absolute Gasteiger partial charge is 0.522 e. The molecule has 7 nitrogen and oxygen atoms in total. The lowest BCUT2D eigenvalue weighted by atomic mass is 9.62. The van der Waals surface area contributed by atoms with Gasteiger partial charge in [-0.05, 0) is 73.5 Å². The number of halogens is 4. The summed E-state index contributed by atoms with van der Waals surface area (Å²) in [5, 5.41) is 12.2. The third kappa shape index (κ3) is 4.94. The topological polar surface area (TPSA) is 72.3 Å². The van der Waals surface area contributed by atoms with Crippen molar-refractivity contribution in [2.45, 2.75) is 63.1 Å². The first-order valence-electron chi connectivity index (χ1n) is 13.2. The van der Waals surface area contributed by atoms with Gasteiger partial charge in [-0.2, -0.15) is 0 Å². The molecule has 1 aliphatic heterocycles. The molecule has 2 aromatic carbocycles. The number of hydrogen-bond acceptors (Lipinski definition) is 5. The van der Waals surface area contributed by atoms with Crippen LogP contribution >= 0.6 is 11.6 Å². The number of anilines is 1. The molecule has 2 saturated carbocycles. The van der Waals surface area contributed by atoms with E-state index in [-0.39, 0.29) is 18.7 Å². The van der Waals surface area contributed by atoms with Crippen molar-refractivity contribution in [1.82, 2.24) is 20.1 Å². The van der Waals surface area contributed by atoms with Crippen molar-refractivity contribution in [2.75, 3.05) is 11.4 Å². The molecule has 3 aliphatic rings. The van der Waals surface area contributed by atoms with Gasteiger partial charge in [-0.15, -0.1) is 23.4 Å². The van der Waals surface area contributed by atoms with Crippen LogP contribution in [0.5, 0.6) is 0 Å². The first-order chi connectivity index (χ1) is 18.6. The van der Waals surface area contributed by atoms with Crippen LogP contribution in [0.2, 0.25) is 5.02 Å². The molecule has 2 aliphatic carbocycles. The zero-order valence-corrected chi connectivity index (χ0v) is 22.2. The Bertz CT molecular complexity index is 1400. The molecule has 0 radical (unpaired) electrons. The van der Waals surface area contributed by atoms with Crippen LogP contribution in [-0.4, -0.2) is 39.7 Å². The Labute approximate surface area is 229 Å². The number of carbonyl (C=O) groups is 1. The van der Waals surface area contributed by atoms with Crippen LogP contribution in [0.1, 0.15) is 65.0 Å². The predicted molar refractivity (Wildman–Crippen MR) is 139 cm³/mol. The minimum Gasteiger partial charge on any atom is -0.320 e. The Kier molecular flexibility index (Phi) is 6.68. The van der Waals surface area contributed by atoms with Crippen LogP contribution in [0.3, 0.4) is 0 Å². The third-order valence-electron chi connectivity index (χ3n) is 8.34. The van der Waals surface area contributed by atoms with Gasteiger partial charge in [0, 0.05) is 35.4 Å². The van der Waals surface area contributed by atoms with E-state index in [4.69, 9.17) is 11.6 Å². The molecule has 1 aromatic heterocycles. The maximum Gasteiger partial charge on any atom is 0.522 e. The molecule has 0 spiro atoms. The summed E-state index contributed by atoms with van der Waals surface area (Å²) in [6, 6.07) is 11.2. The molecule has 0 unspecified atom stereocenters. The monoisotopic (exact) mass is 559 g/mol. The number of amides is 1. The minimum atomic E-state index is -4.71. The lowest BCUT2D eigenvalue weighted by Crippen LogP contribution is -2.50. The summed E-state index contributed by atoms with van der Waals surface area (Å²) in [7, 11) is 1.76. The van der Waals surface area contributed by atoms with Crippen LogP contribution in [0.15, 0.2) is 42.7 Å². The highest BCUT2D eigenvalue weighted by Gasteiger charge is 2.53. The molecule has 39 heavy (non-hydrogen) atoms. The summed E-state index contributed by atoms with van der Waals surface area (Å²) in [5.74, 6) is 1.14. The van der Waals surface area contributed by atoms with Gasteiger partial charge >= 0.3 is 6.36 Å². The number of nitrogens with one attached hydrogen (secondary N) is 1. The predicted octanol–water partition coefficient (Wildman–Crippen LogP) is 5.50. The molecule has 1 N–H and O–H groups in total. The molecule has 3 aromatic rings. The van der Waals surface area contributed by atoms with Crippen molar-refractivity contribution < 1.29 is 22.7 Å². The second-order valence-corrected chi connectivity index (χ2v) is 11.3. The van der Waals surface area contributed by atoms with E-state index in [0.29, 0.717) is 35.2 Å². The fraction of sp³-hybridized carbons (Fsp3) is 0.464. The standard InChI is InChI=1S/C28H29ClF3N5O2/c1-36-16-34-35-26(36)27(11-21(12-27)39-28(30,31)32)19-6-3-7-20(10-19)37-15-23-22(25(37)38)8-18(9-24(23)29)14-33-13-17-4-2-5-17/h3,6-10,16-17,21,33H,2,4-5,11-15H2,1H3. The average molecular weight is 560 g/mol. The number of fused-ring (bicyclic) bond motifs is 1. The van der Waals surface area contributed by atoms with Gasteiger partial charge in [0.1, 0.15) is 12.2 Å². The van der Waals surface area contributed by atoms with Crippen LogP contribution in [0.4, 0.5) is 18.9 Å². The molecule has 0 atom stereocenters. The van der Waals surface area contributed by atoms with Gasteiger partial charge in [0.2, 0.25) is 0 Å². The van der Waals surface area contributed by atoms with Crippen LogP contribution in [0, 0.1) is 5.92 Å². The Morgan fingerprint density at radius 3 is 2.67 bits per heavy atom. The van der Waals surface area contributed by atoms with E-state index in [1.165, 1.54) is 25.6 Å². The number of rotatable bonds is 8. The van der Waals surface area contributed by atoms with E-state index in [9.17, 15) is 18.0 Å². The highest BCUT2D eigenvalue weighted by molar-refractivity contribution is 6.32. The molecule has 1 amide bonds. The first-order valence-corrected chi connectivity index (χ1v) is 13.5. The van der Waals surface area contributed by atoms with E-state index in [1.807, 2.05) is 36.4 Å². The Morgan fingerprint density at radius 1 is 1.21 bits per heavy atom. The summed E-state index contributed by atoms with van der Waals surface area (Å²) in [6.07, 6.45) is -0.157. The summed E-state index contributed by atoms with van der Waals surface area (Å²) in [4.78, 5) is 15.2. The average Bonchev–Trinajstić information content (AvgIpc) is 3.41. The first kappa shape index (κ1) is 26.3. The SMILES string of the molecule is Cn1cnnc1C1(c2cccc(N3Cc4c(Cl)cc(CNCC5CCC5)cc4C3=O)c2)CC(OC(F)(F)F)C1. The number of benzene rings is 2. The van der Waals surface area contributed by atoms with Gasteiger partial charge in [-0.1, -0.05) is 30.2 Å². The Hall–Kier alpha value is -2.95. The lowest BCUT2D eigenvalue weighted by Gasteiger charge is -2.46. The Balaban J connectivity index is 1.25. The van der Waals surface area contributed by atoms with Crippen molar-refractivity contribution >= 4 is 23.2 Å². The van der Waals surface area contributed by atoms with Gasteiger partial charge in [0.05, 0.1) is 18.1 Å².